The Hall–Kier alpha value is -1.86. The fourth-order valence-corrected chi connectivity index (χ4v) is 3.40. The molecule has 134 valence electrons. The van der Waals surface area contributed by atoms with Crippen molar-refractivity contribution < 1.29 is 14.7 Å². The number of likely N-dealkylation sites (N-methyl/N-ethyl adjacent to an activating group) is 2. The lowest BCUT2D eigenvalue weighted by molar-refractivity contribution is -0.137. The number of hydrogen-bond acceptors (Lipinski definition) is 5. The van der Waals surface area contributed by atoms with Crippen LogP contribution in [0.4, 0.5) is 5.82 Å². The number of carboxylic acid groups (broad SMARTS) is 1. The minimum atomic E-state index is -0.748. The number of fused-ring (bicyclic) bond motifs is 1. The molecule has 24 heavy (non-hydrogen) atoms. The summed E-state index contributed by atoms with van der Waals surface area (Å²) in [6.07, 6.45) is 3.81. The first-order valence-electron chi connectivity index (χ1n) is 8.49. The van der Waals surface area contributed by atoms with E-state index in [1.54, 1.807) is 0 Å². The fourth-order valence-electron chi connectivity index (χ4n) is 3.40. The van der Waals surface area contributed by atoms with Crippen LogP contribution in [-0.4, -0.2) is 48.2 Å². The number of anilines is 1. The van der Waals surface area contributed by atoms with Crippen LogP contribution < -0.4 is 16.0 Å². The van der Waals surface area contributed by atoms with Crippen LogP contribution in [0.3, 0.4) is 0 Å². The molecule has 4 N–H and O–H groups in total. The smallest absolute Gasteiger partial charge is 0.303 e. The van der Waals surface area contributed by atoms with Gasteiger partial charge >= 0.3 is 5.97 Å². The van der Waals surface area contributed by atoms with Crippen molar-refractivity contribution in [2.45, 2.75) is 50.7 Å². The molecule has 2 rings (SSSR count). The Kier molecular flexibility index (Phi) is 6.01. The van der Waals surface area contributed by atoms with Crippen LogP contribution in [0.15, 0.2) is 6.07 Å². The zero-order chi connectivity index (χ0) is 17.7. The highest BCUT2D eigenvalue weighted by Gasteiger charge is 2.38. The largest absolute Gasteiger partial charge is 0.481 e. The van der Waals surface area contributed by atoms with Gasteiger partial charge in [0, 0.05) is 44.1 Å². The van der Waals surface area contributed by atoms with Crippen molar-refractivity contribution >= 4 is 17.6 Å². The van der Waals surface area contributed by atoms with Crippen LogP contribution in [0.5, 0.6) is 0 Å². The molecule has 0 unspecified atom stereocenters. The van der Waals surface area contributed by atoms with Crippen molar-refractivity contribution in [3.63, 3.8) is 0 Å². The molecule has 1 aromatic rings. The van der Waals surface area contributed by atoms with E-state index in [4.69, 9.17) is 5.11 Å². The molecular formula is C17H28N4O3. The van der Waals surface area contributed by atoms with Crippen molar-refractivity contribution in [3.05, 3.63) is 17.3 Å². The first-order valence-corrected chi connectivity index (χ1v) is 8.49. The van der Waals surface area contributed by atoms with Crippen LogP contribution in [0.1, 0.15) is 48.2 Å². The maximum absolute atomic E-state index is 12.6. The number of unbranched alkanes of at least 4 members (excludes halogenated alkanes) is 2. The lowest BCUT2D eigenvalue weighted by Crippen LogP contribution is -2.58. The first kappa shape index (κ1) is 18.5. The van der Waals surface area contributed by atoms with Crippen molar-refractivity contribution in [2.75, 3.05) is 26.5 Å². The Labute approximate surface area is 142 Å². The molecule has 0 fully saturated rings. The third kappa shape index (κ3) is 3.79. The molecular weight excluding hydrogens is 308 g/mol. The Bertz CT molecular complexity index is 605. The van der Waals surface area contributed by atoms with Gasteiger partial charge in [-0.3, -0.25) is 9.59 Å². The average molecular weight is 336 g/mol. The van der Waals surface area contributed by atoms with Crippen molar-refractivity contribution in [3.8, 4) is 0 Å². The molecule has 0 bridgehead atoms. The fraction of sp³-hybridized carbons (Fsp3) is 0.647. The minimum absolute atomic E-state index is 0.140. The van der Waals surface area contributed by atoms with E-state index >= 15 is 0 Å². The Balaban J connectivity index is 2.17. The van der Waals surface area contributed by atoms with Crippen molar-refractivity contribution in [2.24, 2.45) is 0 Å². The van der Waals surface area contributed by atoms with Gasteiger partial charge in [-0.1, -0.05) is 6.42 Å². The number of rotatable bonds is 9. The predicted molar refractivity (Wildman–Crippen MR) is 93.6 cm³/mol. The maximum atomic E-state index is 12.6. The number of ketones is 1. The number of aromatic nitrogens is 1. The van der Waals surface area contributed by atoms with Gasteiger partial charge in [-0.25, -0.2) is 0 Å². The topological polar surface area (TPSA) is 95.4 Å². The van der Waals surface area contributed by atoms with Gasteiger partial charge in [0.15, 0.2) is 5.78 Å². The molecule has 7 heteroatoms. The first-order chi connectivity index (χ1) is 11.5. The monoisotopic (exact) mass is 336 g/mol. The van der Waals surface area contributed by atoms with Gasteiger partial charge in [-0.2, -0.15) is 0 Å². The predicted octanol–water partition coefficient (Wildman–Crippen LogP) is 1.44. The second kappa shape index (κ2) is 7.81. The van der Waals surface area contributed by atoms with Gasteiger partial charge in [-0.15, -0.1) is 0 Å². The highest BCUT2D eigenvalue weighted by molar-refractivity contribution is 6.00. The number of carbonyl (C=O) groups excluding carboxylic acids is 1. The summed E-state index contributed by atoms with van der Waals surface area (Å²) in [5.41, 5.74) is 1.43. The number of hydrogen-bond donors (Lipinski definition) is 4. The van der Waals surface area contributed by atoms with Gasteiger partial charge < -0.3 is 25.6 Å². The number of aliphatic carboxylic acids is 1. The molecule has 0 spiro atoms. The molecule has 7 nitrogen and oxygen atoms in total. The zero-order valence-corrected chi connectivity index (χ0v) is 14.7. The van der Waals surface area contributed by atoms with Crippen molar-refractivity contribution in [1.29, 1.82) is 0 Å². The molecule has 0 atom stereocenters. The third-order valence-electron chi connectivity index (χ3n) is 4.93. The molecule has 0 saturated carbocycles. The van der Waals surface area contributed by atoms with Crippen LogP contribution in [0.2, 0.25) is 0 Å². The molecule has 1 aliphatic carbocycles. The van der Waals surface area contributed by atoms with Crippen LogP contribution in [0.25, 0.3) is 0 Å². The van der Waals surface area contributed by atoms with E-state index in [1.807, 2.05) is 27.2 Å². The Morgan fingerprint density at radius 2 is 1.92 bits per heavy atom. The SMILES string of the molecule is CNc1cc2c(n1CCCCCC(=O)O)CC(NC)(NC)CC2=O. The third-order valence-corrected chi connectivity index (χ3v) is 4.93. The average Bonchev–Trinajstić information content (AvgIpc) is 2.92. The van der Waals surface area contributed by atoms with E-state index in [0.717, 1.165) is 42.9 Å². The van der Waals surface area contributed by atoms with E-state index in [9.17, 15) is 9.59 Å². The van der Waals surface area contributed by atoms with Crippen molar-refractivity contribution in [1.82, 2.24) is 15.2 Å². The molecule has 0 saturated heterocycles. The normalized spacial score (nSPS) is 16.0. The summed E-state index contributed by atoms with van der Waals surface area (Å²) in [6.45, 7) is 0.780. The van der Waals surface area contributed by atoms with E-state index in [0.29, 0.717) is 12.8 Å². The second-order valence-corrected chi connectivity index (χ2v) is 6.35. The van der Waals surface area contributed by atoms with Crippen LogP contribution in [0, 0.1) is 0 Å². The maximum Gasteiger partial charge on any atom is 0.303 e. The van der Waals surface area contributed by atoms with Gasteiger partial charge in [0.25, 0.3) is 0 Å². The number of carboxylic acids is 1. The molecule has 0 aromatic carbocycles. The Morgan fingerprint density at radius 1 is 1.21 bits per heavy atom. The van der Waals surface area contributed by atoms with E-state index in [1.165, 1.54) is 0 Å². The van der Waals surface area contributed by atoms with Crippen LogP contribution >= 0.6 is 0 Å². The molecule has 1 heterocycles. The summed E-state index contributed by atoms with van der Waals surface area (Å²) in [4.78, 5) is 23.2. The number of nitrogens with one attached hydrogen (secondary N) is 3. The molecule has 1 aliphatic rings. The Morgan fingerprint density at radius 3 is 2.50 bits per heavy atom. The van der Waals surface area contributed by atoms with Gasteiger partial charge in [0.05, 0.1) is 5.66 Å². The summed E-state index contributed by atoms with van der Waals surface area (Å²) < 4.78 is 2.16. The summed E-state index contributed by atoms with van der Waals surface area (Å²) >= 11 is 0. The minimum Gasteiger partial charge on any atom is -0.481 e. The molecule has 0 radical (unpaired) electrons. The van der Waals surface area contributed by atoms with E-state index < -0.39 is 11.6 Å². The lowest BCUT2D eigenvalue weighted by Gasteiger charge is -2.36. The summed E-state index contributed by atoms with van der Waals surface area (Å²) in [5, 5.41) is 18.4. The number of Topliss-reactive ketones (excluding diaryl/α,β-unsaturated/α-hetero) is 1. The highest BCUT2D eigenvalue weighted by atomic mass is 16.4. The second-order valence-electron chi connectivity index (χ2n) is 6.35. The van der Waals surface area contributed by atoms with Gasteiger partial charge in [0.1, 0.15) is 5.82 Å². The molecule has 1 aromatic heterocycles. The molecule has 0 aliphatic heterocycles. The van der Waals surface area contributed by atoms with E-state index in [-0.39, 0.29) is 12.2 Å². The number of nitrogens with zero attached hydrogens (tertiary/aromatic N) is 1. The lowest BCUT2D eigenvalue weighted by atomic mass is 9.86. The number of carbonyl (C=O) groups is 2. The molecule has 0 amide bonds. The van der Waals surface area contributed by atoms with Gasteiger partial charge in [0.2, 0.25) is 0 Å². The highest BCUT2D eigenvalue weighted by Crippen LogP contribution is 2.32. The summed E-state index contributed by atoms with van der Waals surface area (Å²) in [6, 6.07) is 1.93. The quantitative estimate of drug-likeness (QED) is 0.403. The zero-order valence-electron chi connectivity index (χ0n) is 14.7. The van der Waals surface area contributed by atoms with Crippen LogP contribution in [-0.2, 0) is 17.8 Å². The standard InChI is InChI=1S/C17H28N4O3/c1-18-15-9-12-13(10-17(19-2,20-3)11-14(12)22)21(15)8-6-4-5-7-16(23)24/h9,18-20H,4-8,10-11H2,1-3H3,(H,23,24). The summed E-state index contributed by atoms with van der Waals surface area (Å²) in [5.74, 6) is 0.332. The summed E-state index contributed by atoms with van der Waals surface area (Å²) in [7, 11) is 5.59. The van der Waals surface area contributed by atoms with E-state index in [2.05, 4.69) is 20.5 Å². The van der Waals surface area contributed by atoms with Gasteiger partial charge in [-0.05, 0) is 33.0 Å².